The van der Waals surface area contributed by atoms with Gasteiger partial charge in [0.05, 0.1) is 12.5 Å². The fraction of sp³-hybridized carbons (Fsp3) is 0.542. The smallest absolute Gasteiger partial charge is 0.310 e. The number of anilines is 2. The second kappa shape index (κ2) is 9.02. The number of rotatable bonds is 6. The van der Waals surface area contributed by atoms with Crippen LogP contribution in [0.5, 0.6) is 0 Å². The minimum atomic E-state index is -0.402. The highest BCUT2D eigenvalue weighted by Gasteiger charge is 2.35. The number of hydrogen-bond acceptors (Lipinski definition) is 6. The highest BCUT2D eigenvalue weighted by Crippen LogP contribution is 2.32. The van der Waals surface area contributed by atoms with Crippen LogP contribution in [0.4, 0.5) is 11.4 Å². The van der Waals surface area contributed by atoms with Gasteiger partial charge in [-0.1, -0.05) is 30.3 Å². The van der Waals surface area contributed by atoms with Crippen molar-refractivity contribution >= 4 is 17.3 Å². The van der Waals surface area contributed by atoms with Crippen molar-refractivity contribution in [1.29, 1.82) is 0 Å². The molecule has 0 bridgehead atoms. The van der Waals surface area contributed by atoms with Crippen molar-refractivity contribution in [3.63, 3.8) is 0 Å². The molecule has 2 aliphatic heterocycles. The largest absolute Gasteiger partial charge is 0.466 e. The van der Waals surface area contributed by atoms with Crippen LogP contribution in [0.1, 0.15) is 38.2 Å². The summed E-state index contributed by atoms with van der Waals surface area (Å²) in [7, 11) is 0. The summed E-state index contributed by atoms with van der Waals surface area (Å²) in [5.41, 5.74) is 1.67. The van der Waals surface area contributed by atoms with E-state index in [2.05, 4.69) is 29.2 Å². The molecule has 2 aromatic rings. The van der Waals surface area contributed by atoms with Crippen molar-refractivity contribution in [3.8, 4) is 0 Å². The van der Waals surface area contributed by atoms with Crippen LogP contribution in [-0.4, -0.2) is 38.8 Å². The predicted octanol–water partition coefficient (Wildman–Crippen LogP) is 2.52. The predicted molar refractivity (Wildman–Crippen MR) is 118 cm³/mol. The van der Waals surface area contributed by atoms with Crippen molar-refractivity contribution in [2.45, 2.75) is 39.0 Å². The van der Waals surface area contributed by atoms with Crippen LogP contribution in [0, 0.1) is 11.8 Å². The fourth-order valence-corrected chi connectivity index (χ4v) is 4.90. The van der Waals surface area contributed by atoms with Gasteiger partial charge in [0.15, 0.2) is 0 Å². The van der Waals surface area contributed by atoms with Crippen molar-refractivity contribution < 1.29 is 9.53 Å². The molecule has 0 amide bonds. The lowest BCUT2D eigenvalue weighted by molar-refractivity contribution is -0.148. The molecule has 2 aliphatic rings. The molecule has 0 unspecified atom stereocenters. The third kappa shape index (κ3) is 4.13. The summed E-state index contributed by atoms with van der Waals surface area (Å²) in [5, 5.41) is 0. The van der Waals surface area contributed by atoms with E-state index >= 15 is 0 Å². The maximum atomic E-state index is 12.4. The van der Waals surface area contributed by atoms with Crippen LogP contribution in [-0.2, 0) is 16.0 Å². The molecule has 0 aliphatic carbocycles. The van der Waals surface area contributed by atoms with Gasteiger partial charge >= 0.3 is 5.97 Å². The molecule has 160 valence electrons. The van der Waals surface area contributed by atoms with Crippen molar-refractivity contribution in [3.05, 3.63) is 56.3 Å². The summed E-state index contributed by atoms with van der Waals surface area (Å²) >= 11 is 0. The molecule has 1 atom stereocenters. The lowest BCUT2D eigenvalue weighted by Crippen LogP contribution is -2.51. The minimum Gasteiger partial charge on any atom is -0.466 e. The molecule has 0 spiro atoms. The van der Waals surface area contributed by atoms with Gasteiger partial charge in [-0.3, -0.25) is 14.4 Å². The number of esters is 1. The Labute approximate surface area is 177 Å². The van der Waals surface area contributed by atoms with E-state index in [1.54, 1.807) is 6.92 Å². The van der Waals surface area contributed by atoms with Gasteiger partial charge in [-0.2, -0.15) is 0 Å². The molecule has 30 heavy (non-hydrogen) atoms. The number of benzene rings is 1. The van der Waals surface area contributed by atoms with Crippen molar-refractivity contribution in [2.75, 3.05) is 42.6 Å². The van der Waals surface area contributed by atoms with Gasteiger partial charge in [-0.05, 0) is 50.5 Å². The van der Waals surface area contributed by atoms with E-state index in [1.807, 2.05) is 11.0 Å². The Hall–Kier alpha value is -2.63. The maximum absolute atomic E-state index is 12.4. The first-order valence-corrected chi connectivity index (χ1v) is 11.1. The quantitative estimate of drug-likeness (QED) is 0.539. The van der Waals surface area contributed by atoms with Gasteiger partial charge in [0.2, 0.25) is 0 Å². The van der Waals surface area contributed by atoms with E-state index in [1.165, 1.54) is 5.56 Å². The Kier molecular flexibility index (Phi) is 6.21. The minimum absolute atomic E-state index is 0.204. The summed E-state index contributed by atoms with van der Waals surface area (Å²) in [4.78, 5) is 41.1. The highest BCUT2D eigenvalue weighted by atomic mass is 16.5. The standard InChI is InChI=1S/C24H30N2O4/c1-2-30-24(29)19-9-6-12-26(16-19)21-20(22(27)23(21)28)25-13-10-18(11-14-25)15-17-7-4-3-5-8-17/h3-5,7-8,18-19H,2,6,9-16H2,1H3/t19-/m1/s1. The van der Waals surface area contributed by atoms with E-state index in [9.17, 15) is 14.4 Å². The molecule has 2 aromatic carbocycles. The lowest BCUT2D eigenvalue weighted by atomic mass is 9.89. The van der Waals surface area contributed by atoms with Crippen LogP contribution >= 0.6 is 0 Å². The summed E-state index contributed by atoms with van der Waals surface area (Å²) < 4.78 is 5.17. The molecule has 0 radical (unpaired) electrons. The molecule has 4 rings (SSSR count). The zero-order valence-corrected chi connectivity index (χ0v) is 17.6. The first-order valence-electron chi connectivity index (χ1n) is 11.1. The molecular formula is C24H30N2O4. The Balaban J connectivity index is 1.42. The zero-order valence-electron chi connectivity index (χ0n) is 17.6. The summed E-state index contributed by atoms with van der Waals surface area (Å²) in [6.07, 6.45) is 4.67. The Bertz CT molecular complexity index is 940. The maximum Gasteiger partial charge on any atom is 0.310 e. The molecule has 6 heteroatoms. The van der Waals surface area contributed by atoms with Gasteiger partial charge in [0, 0.05) is 26.2 Å². The first kappa shape index (κ1) is 20.6. The van der Waals surface area contributed by atoms with E-state index in [0.717, 1.165) is 45.2 Å². The Morgan fingerprint density at radius 2 is 1.63 bits per heavy atom. The van der Waals surface area contributed by atoms with E-state index < -0.39 is 5.43 Å². The molecular weight excluding hydrogens is 380 g/mol. The fourth-order valence-electron chi connectivity index (χ4n) is 4.90. The molecule has 0 N–H and O–H groups in total. The third-order valence-corrected chi connectivity index (χ3v) is 6.52. The average Bonchev–Trinajstić information content (AvgIpc) is 2.78. The van der Waals surface area contributed by atoms with Gasteiger partial charge in [-0.15, -0.1) is 0 Å². The monoisotopic (exact) mass is 410 g/mol. The second-order valence-electron chi connectivity index (χ2n) is 8.51. The number of hydrogen-bond donors (Lipinski definition) is 0. The number of nitrogens with zero attached hydrogens (tertiary/aromatic N) is 2. The van der Waals surface area contributed by atoms with E-state index in [0.29, 0.717) is 37.0 Å². The Morgan fingerprint density at radius 3 is 2.30 bits per heavy atom. The van der Waals surface area contributed by atoms with Crippen LogP contribution in [0.2, 0.25) is 0 Å². The van der Waals surface area contributed by atoms with E-state index in [4.69, 9.17) is 4.74 Å². The molecule has 2 saturated heterocycles. The molecule has 0 aromatic heterocycles. The zero-order chi connectivity index (χ0) is 21.1. The van der Waals surface area contributed by atoms with E-state index in [-0.39, 0.29) is 17.3 Å². The van der Waals surface area contributed by atoms with Gasteiger partial charge < -0.3 is 14.5 Å². The molecule has 0 saturated carbocycles. The third-order valence-electron chi connectivity index (χ3n) is 6.52. The number of piperidine rings is 2. The molecule has 2 fully saturated rings. The summed E-state index contributed by atoms with van der Waals surface area (Å²) in [6, 6.07) is 10.5. The highest BCUT2D eigenvalue weighted by molar-refractivity contribution is 5.78. The van der Waals surface area contributed by atoms with Crippen LogP contribution in [0.15, 0.2) is 39.9 Å². The van der Waals surface area contributed by atoms with Crippen molar-refractivity contribution in [2.24, 2.45) is 11.8 Å². The average molecular weight is 411 g/mol. The van der Waals surface area contributed by atoms with Crippen LogP contribution < -0.4 is 20.7 Å². The number of ether oxygens (including phenoxy) is 1. The topological polar surface area (TPSA) is 66.9 Å². The molecule has 6 nitrogen and oxygen atoms in total. The van der Waals surface area contributed by atoms with Gasteiger partial charge in [0.1, 0.15) is 11.4 Å². The lowest BCUT2D eigenvalue weighted by Gasteiger charge is -2.39. The van der Waals surface area contributed by atoms with Crippen LogP contribution in [0.3, 0.4) is 0 Å². The van der Waals surface area contributed by atoms with Gasteiger partial charge in [-0.25, -0.2) is 0 Å². The SMILES string of the molecule is CCOC(=O)[C@@H]1CCCN(c2c(N3CCC(Cc4ccccc4)CC3)c(=O)c2=O)C1. The second-order valence-corrected chi connectivity index (χ2v) is 8.51. The number of carbonyl (C=O) groups is 1. The van der Waals surface area contributed by atoms with Gasteiger partial charge in [0.25, 0.3) is 10.9 Å². The van der Waals surface area contributed by atoms with Crippen molar-refractivity contribution in [1.82, 2.24) is 0 Å². The van der Waals surface area contributed by atoms with Crippen LogP contribution in [0.25, 0.3) is 0 Å². The number of carbonyl (C=O) groups excluding carboxylic acids is 1. The molecule has 2 heterocycles. The first-order chi connectivity index (χ1) is 14.6. The summed E-state index contributed by atoms with van der Waals surface area (Å²) in [5.74, 6) is 0.165. The normalized spacial score (nSPS) is 20.5. The summed E-state index contributed by atoms with van der Waals surface area (Å²) in [6.45, 7) is 4.92. The Morgan fingerprint density at radius 1 is 0.967 bits per heavy atom.